The van der Waals surface area contributed by atoms with Gasteiger partial charge in [-0.15, -0.1) is 11.3 Å². The summed E-state index contributed by atoms with van der Waals surface area (Å²) in [6, 6.07) is 19.0. The average molecular weight is 510 g/mol. The molecule has 1 aromatic heterocycles. The van der Waals surface area contributed by atoms with Crippen molar-refractivity contribution in [3.63, 3.8) is 0 Å². The van der Waals surface area contributed by atoms with Gasteiger partial charge in [0, 0.05) is 61.0 Å². The lowest BCUT2D eigenvalue weighted by Gasteiger charge is -2.44. The summed E-state index contributed by atoms with van der Waals surface area (Å²) < 4.78 is 5.32. The Hall–Kier alpha value is -2.87. The SMILES string of the molecule is COCCN1C(=O)c2ccccc2C(C(=O)N2CCN(c3cccc(Cl)c3)CC2)C1c1cccs1. The quantitative estimate of drug-likeness (QED) is 0.484. The molecular weight excluding hydrogens is 482 g/mol. The Morgan fingerprint density at radius 1 is 1.06 bits per heavy atom. The van der Waals surface area contributed by atoms with Gasteiger partial charge in [-0.1, -0.05) is 41.9 Å². The number of ether oxygens (including phenoxy) is 1. The first-order valence-electron chi connectivity index (χ1n) is 11.8. The maximum absolute atomic E-state index is 14.2. The van der Waals surface area contributed by atoms with Crippen LogP contribution >= 0.6 is 22.9 Å². The van der Waals surface area contributed by atoms with Gasteiger partial charge in [0.1, 0.15) is 0 Å². The Bertz CT molecular complexity index is 1190. The van der Waals surface area contributed by atoms with Gasteiger partial charge in [-0.25, -0.2) is 0 Å². The molecular formula is C27H28ClN3O3S. The van der Waals surface area contributed by atoms with Crippen LogP contribution in [-0.4, -0.2) is 68.1 Å². The van der Waals surface area contributed by atoms with Crippen molar-refractivity contribution in [2.75, 3.05) is 51.3 Å². The number of piperazine rings is 1. The zero-order valence-electron chi connectivity index (χ0n) is 19.6. The van der Waals surface area contributed by atoms with Crippen molar-refractivity contribution < 1.29 is 14.3 Å². The van der Waals surface area contributed by atoms with Gasteiger partial charge in [0.15, 0.2) is 0 Å². The number of halogens is 1. The third-order valence-corrected chi connectivity index (χ3v) is 8.02. The van der Waals surface area contributed by atoms with Crippen LogP contribution in [-0.2, 0) is 9.53 Å². The number of carbonyl (C=O) groups is 2. The van der Waals surface area contributed by atoms with Crippen molar-refractivity contribution in [2.45, 2.75) is 12.0 Å². The van der Waals surface area contributed by atoms with Gasteiger partial charge in [0.05, 0.1) is 18.6 Å². The number of anilines is 1. The van der Waals surface area contributed by atoms with Crippen LogP contribution in [0.2, 0.25) is 5.02 Å². The minimum absolute atomic E-state index is 0.0501. The molecule has 5 rings (SSSR count). The molecule has 35 heavy (non-hydrogen) atoms. The highest BCUT2D eigenvalue weighted by Crippen LogP contribution is 2.45. The molecule has 0 radical (unpaired) electrons. The Morgan fingerprint density at radius 2 is 1.86 bits per heavy atom. The van der Waals surface area contributed by atoms with E-state index in [-0.39, 0.29) is 17.9 Å². The maximum Gasteiger partial charge on any atom is 0.254 e. The predicted octanol–water partition coefficient (Wildman–Crippen LogP) is 4.68. The second-order valence-electron chi connectivity index (χ2n) is 8.81. The lowest BCUT2D eigenvalue weighted by Crippen LogP contribution is -2.53. The Balaban J connectivity index is 1.46. The molecule has 2 unspecified atom stereocenters. The summed E-state index contributed by atoms with van der Waals surface area (Å²) >= 11 is 7.77. The molecule has 2 atom stereocenters. The number of rotatable bonds is 6. The molecule has 0 N–H and O–H groups in total. The van der Waals surface area contributed by atoms with Crippen molar-refractivity contribution >= 4 is 40.4 Å². The molecule has 2 aliphatic heterocycles. The van der Waals surface area contributed by atoms with Crippen LogP contribution in [0.1, 0.15) is 32.8 Å². The molecule has 0 saturated carbocycles. The topological polar surface area (TPSA) is 53.1 Å². The van der Waals surface area contributed by atoms with Crippen LogP contribution in [0.5, 0.6) is 0 Å². The van der Waals surface area contributed by atoms with E-state index in [1.807, 2.05) is 75.8 Å². The maximum atomic E-state index is 14.2. The summed E-state index contributed by atoms with van der Waals surface area (Å²) in [5.74, 6) is -0.445. The largest absolute Gasteiger partial charge is 0.383 e. The molecule has 6 nitrogen and oxygen atoms in total. The Morgan fingerprint density at radius 3 is 2.57 bits per heavy atom. The number of carbonyl (C=O) groups excluding carboxylic acids is 2. The molecule has 2 aromatic carbocycles. The summed E-state index contributed by atoms with van der Waals surface area (Å²) in [7, 11) is 1.63. The fraction of sp³-hybridized carbons (Fsp3) is 0.333. The Labute approximate surface area is 214 Å². The molecule has 0 spiro atoms. The highest BCUT2D eigenvalue weighted by molar-refractivity contribution is 7.10. The fourth-order valence-electron chi connectivity index (χ4n) is 5.12. The van der Waals surface area contributed by atoms with E-state index < -0.39 is 5.92 Å². The Kier molecular flexibility index (Phi) is 7.09. The first-order chi connectivity index (χ1) is 17.1. The highest BCUT2D eigenvalue weighted by Gasteiger charge is 2.46. The van der Waals surface area contributed by atoms with Crippen molar-refractivity contribution in [3.05, 3.63) is 87.1 Å². The van der Waals surface area contributed by atoms with E-state index >= 15 is 0 Å². The molecule has 1 fully saturated rings. The highest BCUT2D eigenvalue weighted by atomic mass is 35.5. The average Bonchev–Trinajstić information content (AvgIpc) is 3.42. The van der Waals surface area contributed by atoms with E-state index in [0.29, 0.717) is 36.8 Å². The van der Waals surface area contributed by atoms with Crippen LogP contribution in [0.3, 0.4) is 0 Å². The van der Waals surface area contributed by atoms with Gasteiger partial charge in [-0.3, -0.25) is 9.59 Å². The first-order valence-corrected chi connectivity index (χ1v) is 13.1. The summed E-state index contributed by atoms with van der Waals surface area (Å²) in [6.07, 6.45) is 0. The van der Waals surface area contributed by atoms with Crippen molar-refractivity contribution in [3.8, 4) is 0 Å². The lowest BCUT2D eigenvalue weighted by atomic mass is 9.81. The van der Waals surface area contributed by atoms with E-state index in [0.717, 1.165) is 29.2 Å². The third kappa shape index (κ3) is 4.68. The number of nitrogens with zero attached hydrogens (tertiary/aromatic N) is 3. The summed E-state index contributed by atoms with van der Waals surface area (Å²) in [5.41, 5.74) is 2.49. The van der Waals surface area contributed by atoms with Crippen molar-refractivity contribution in [1.29, 1.82) is 0 Å². The van der Waals surface area contributed by atoms with Crippen LogP contribution in [0, 0.1) is 0 Å². The molecule has 182 valence electrons. The van der Waals surface area contributed by atoms with E-state index in [9.17, 15) is 9.59 Å². The number of benzene rings is 2. The molecule has 2 aliphatic rings. The van der Waals surface area contributed by atoms with Gasteiger partial charge in [-0.2, -0.15) is 0 Å². The molecule has 3 heterocycles. The molecule has 8 heteroatoms. The normalized spacial score (nSPS) is 20.2. The van der Waals surface area contributed by atoms with Gasteiger partial charge in [-0.05, 0) is 41.3 Å². The van der Waals surface area contributed by atoms with Crippen molar-refractivity contribution in [2.24, 2.45) is 0 Å². The van der Waals surface area contributed by atoms with E-state index in [2.05, 4.69) is 4.90 Å². The summed E-state index contributed by atoms with van der Waals surface area (Å²) in [4.78, 5) is 34.7. The zero-order valence-corrected chi connectivity index (χ0v) is 21.2. The predicted molar refractivity (Wildman–Crippen MR) is 139 cm³/mol. The summed E-state index contributed by atoms with van der Waals surface area (Å²) in [6.45, 7) is 3.54. The number of methoxy groups -OCH3 is 1. The number of amides is 2. The van der Waals surface area contributed by atoms with Crippen LogP contribution in [0.4, 0.5) is 5.69 Å². The van der Waals surface area contributed by atoms with Gasteiger partial charge >= 0.3 is 0 Å². The van der Waals surface area contributed by atoms with Crippen LogP contribution < -0.4 is 4.90 Å². The lowest BCUT2D eigenvalue weighted by molar-refractivity contribution is -0.135. The van der Waals surface area contributed by atoms with Gasteiger partial charge in [0.25, 0.3) is 5.91 Å². The van der Waals surface area contributed by atoms with E-state index in [1.54, 1.807) is 18.4 Å². The number of fused-ring (bicyclic) bond motifs is 1. The number of hydrogen-bond acceptors (Lipinski definition) is 5. The van der Waals surface area contributed by atoms with E-state index in [1.165, 1.54) is 0 Å². The first kappa shape index (κ1) is 23.9. The molecule has 1 saturated heterocycles. The second-order valence-corrected chi connectivity index (χ2v) is 10.2. The van der Waals surface area contributed by atoms with Crippen LogP contribution in [0.15, 0.2) is 66.0 Å². The fourth-order valence-corrected chi connectivity index (χ4v) is 6.18. The van der Waals surface area contributed by atoms with E-state index in [4.69, 9.17) is 16.3 Å². The summed E-state index contributed by atoms with van der Waals surface area (Å²) in [5, 5.41) is 2.71. The third-order valence-electron chi connectivity index (χ3n) is 6.84. The van der Waals surface area contributed by atoms with Crippen molar-refractivity contribution in [1.82, 2.24) is 9.80 Å². The molecule has 2 amide bonds. The molecule has 3 aromatic rings. The second kappa shape index (κ2) is 10.4. The number of thiophene rings is 1. The minimum atomic E-state index is -0.461. The molecule has 0 aliphatic carbocycles. The smallest absolute Gasteiger partial charge is 0.254 e. The number of hydrogen-bond donors (Lipinski definition) is 0. The van der Waals surface area contributed by atoms with Gasteiger partial charge in [0.2, 0.25) is 5.91 Å². The zero-order chi connectivity index (χ0) is 24.4. The van der Waals surface area contributed by atoms with Gasteiger partial charge < -0.3 is 19.4 Å². The monoisotopic (exact) mass is 509 g/mol. The minimum Gasteiger partial charge on any atom is -0.383 e. The van der Waals surface area contributed by atoms with Crippen LogP contribution in [0.25, 0.3) is 0 Å². The molecule has 0 bridgehead atoms. The standard InChI is InChI=1S/C27H28ClN3O3S/c1-34-16-15-31-25(23-10-5-17-35-23)24(21-8-2-3-9-22(21)26(31)32)27(33)30-13-11-29(12-14-30)20-7-4-6-19(28)18-20/h2-10,17-18,24-25H,11-16H2,1H3.